The highest BCUT2D eigenvalue weighted by Crippen LogP contribution is 2.42. The number of aryl methyl sites for hydroxylation is 1. The van der Waals surface area contributed by atoms with E-state index < -0.39 is 0 Å². The van der Waals surface area contributed by atoms with Gasteiger partial charge in [0.15, 0.2) is 4.80 Å². The standard InChI is InChI=1S/C25H17FN2OS2/c26-17-10-7-15(8-11-17)14-21-24(29)28-23(20-6-3-13-30-20)19-12-9-16-4-1-2-5-18(16)22(19)27-25(28)31-21/h1-8,10-11,13-14,23H,9,12H2. The topological polar surface area (TPSA) is 34.4 Å². The monoisotopic (exact) mass is 444 g/mol. The van der Waals surface area contributed by atoms with Crippen LogP contribution in [0, 0.1) is 5.82 Å². The largest absolute Gasteiger partial charge is 0.271 e. The van der Waals surface area contributed by atoms with Crippen molar-refractivity contribution in [3.8, 4) is 0 Å². The van der Waals surface area contributed by atoms with Crippen LogP contribution >= 0.6 is 22.7 Å². The van der Waals surface area contributed by atoms with Gasteiger partial charge in [-0.2, -0.15) is 0 Å². The summed E-state index contributed by atoms with van der Waals surface area (Å²) < 4.78 is 15.8. The van der Waals surface area contributed by atoms with E-state index in [1.54, 1.807) is 23.5 Å². The molecule has 1 aliphatic carbocycles. The molecule has 0 bridgehead atoms. The molecule has 3 heterocycles. The molecule has 31 heavy (non-hydrogen) atoms. The SMILES string of the molecule is O=c1c(=Cc2ccc(F)cc2)sc2n1C(c1cccs1)C1=C(N=2)c2ccccc2CC1. The Hall–Kier alpha value is -3.09. The predicted octanol–water partition coefficient (Wildman–Crippen LogP) is 4.52. The summed E-state index contributed by atoms with van der Waals surface area (Å²) in [5.74, 6) is -0.289. The number of thiazole rings is 1. The molecule has 0 fully saturated rings. The lowest BCUT2D eigenvalue weighted by Crippen LogP contribution is -2.38. The van der Waals surface area contributed by atoms with E-state index in [9.17, 15) is 9.18 Å². The number of halogens is 1. The van der Waals surface area contributed by atoms with Gasteiger partial charge in [0, 0.05) is 10.4 Å². The van der Waals surface area contributed by atoms with Crippen molar-refractivity contribution in [1.29, 1.82) is 0 Å². The maximum absolute atomic E-state index is 13.5. The molecule has 2 aromatic heterocycles. The normalized spacial score (nSPS) is 17.7. The Morgan fingerprint density at radius 2 is 1.87 bits per heavy atom. The molecule has 2 aromatic carbocycles. The fourth-order valence-corrected chi connectivity index (χ4v) is 6.28. The van der Waals surface area contributed by atoms with Gasteiger partial charge in [0.05, 0.1) is 16.3 Å². The van der Waals surface area contributed by atoms with Gasteiger partial charge in [0.1, 0.15) is 5.82 Å². The second-order valence-corrected chi connectivity index (χ2v) is 9.67. The van der Waals surface area contributed by atoms with Gasteiger partial charge in [0.2, 0.25) is 0 Å². The number of thiophene rings is 1. The predicted molar refractivity (Wildman–Crippen MR) is 123 cm³/mol. The molecule has 0 amide bonds. The molecule has 2 aliphatic rings. The second kappa shape index (κ2) is 7.25. The lowest BCUT2D eigenvalue weighted by atomic mass is 9.85. The number of fused-ring (bicyclic) bond motifs is 3. The van der Waals surface area contributed by atoms with E-state index in [-0.39, 0.29) is 17.4 Å². The molecule has 152 valence electrons. The summed E-state index contributed by atoms with van der Waals surface area (Å²) in [4.78, 5) is 20.4. The first-order valence-electron chi connectivity index (χ1n) is 10.1. The van der Waals surface area contributed by atoms with Crippen LogP contribution in [0.1, 0.15) is 34.0 Å². The van der Waals surface area contributed by atoms with Crippen LogP contribution in [0.15, 0.2) is 81.4 Å². The maximum Gasteiger partial charge on any atom is 0.271 e. The van der Waals surface area contributed by atoms with Gasteiger partial charge < -0.3 is 0 Å². The number of benzene rings is 2. The van der Waals surface area contributed by atoms with Gasteiger partial charge in [-0.05, 0) is 59.2 Å². The van der Waals surface area contributed by atoms with E-state index in [0.29, 0.717) is 9.33 Å². The number of rotatable bonds is 2. The van der Waals surface area contributed by atoms with Crippen LogP contribution in [0.4, 0.5) is 4.39 Å². The van der Waals surface area contributed by atoms with Crippen LogP contribution in [0.5, 0.6) is 0 Å². The number of aromatic nitrogens is 1. The van der Waals surface area contributed by atoms with E-state index in [4.69, 9.17) is 4.99 Å². The molecule has 0 N–H and O–H groups in total. The Morgan fingerprint density at radius 3 is 2.68 bits per heavy atom. The van der Waals surface area contributed by atoms with Gasteiger partial charge in [0.25, 0.3) is 5.56 Å². The molecule has 0 saturated carbocycles. The summed E-state index contributed by atoms with van der Waals surface area (Å²) >= 11 is 3.07. The molecule has 6 rings (SSSR count). The highest BCUT2D eigenvalue weighted by molar-refractivity contribution is 7.10. The van der Waals surface area contributed by atoms with Gasteiger partial charge in [-0.1, -0.05) is 53.8 Å². The average Bonchev–Trinajstić information content (AvgIpc) is 3.43. The highest BCUT2D eigenvalue weighted by atomic mass is 32.1. The van der Waals surface area contributed by atoms with Crippen LogP contribution in [0.25, 0.3) is 11.8 Å². The summed E-state index contributed by atoms with van der Waals surface area (Å²) in [7, 11) is 0. The molecule has 1 unspecified atom stereocenters. The van der Waals surface area contributed by atoms with E-state index >= 15 is 0 Å². The highest BCUT2D eigenvalue weighted by Gasteiger charge is 2.32. The second-order valence-electron chi connectivity index (χ2n) is 7.68. The van der Waals surface area contributed by atoms with Crippen molar-refractivity contribution in [3.63, 3.8) is 0 Å². The molecule has 0 saturated heterocycles. The summed E-state index contributed by atoms with van der Waals surface area (Å²) in [5, 5.41) is 2.06. The van der Waals surface area contributed by atoms with Crippen LogP contribution in [-0.4, -0.2) is 4.57 Å². The zero-order valence-corrected chi connectivity index (χ0v) is 18.0. The van der Waals surface area contributed by atoms with Crippen LogP contribution < -0.4 is 14.9 Å². The third kappa shape index (κ3) is 3.06. The molecular weight excluding hydrogens is 427 g/mol. The van der Waals surface area contributed by atoms with Gasteiger partial charge in [-0.15, -0.1) is 11.3 Å². The lowest BCUT2D eigenvalue weighted by Gasteiger charge is -2.30. The minimum absolute atomic E-state index is 0.0446. The number of nitrogens with zero attached hydrogens (tertiary/aromatic N) is 2. The molecule has 1 aliphatic heterocycles. The van der Waals surface area contributed by atoms with Crippen molar-refractivity contribution >= 4 is 34.4 Å². The molecule has 4 aromatic rings. The lowest BCUT2D eigenvalue weighted by molar-refractivity contribution is 0.593. The zero-order chi connectivity index (χ0) is 20.9. The summed E-state index contributed by atoms with van der Waals surface area (Å²) in [6, 6.07) is 18.6. The van der Waals surface area contributed by atoms with E-state index in [1.165, 1.54) is 40.2 Å². The quantitative estimate of drug-likeness (QED) is 0.448. The number of allylic oxidation sites excluding steroid dienone is 1. The van der Waals surface area contributed by atoms with Gasteiger partial charge in [-0.3, -0.25) is 9.36 Å². The third-order valence-corrected chi connectivity index (χ3v) is 7.76. The first-order valence-corrected chi connectivity index (χ1v) is 11.8. The first kappa shape index (κ1) is 18.7. The number of hydrogen-bond acceptors (Lipinski definition) is 4. The Kier molecular flexibility index (Phi) is 4.37. The summed E-state index contributed by atoms with van der Waals surface area (Å²) in [6.45, 7) is 0. The number of hydrogen-bond donors (Lipinski definition) is 0. The van der Waals surface area contributed by atoms with Crippen molar-refractivity contribution in [2.45, 2.75) is 18.9 Å². The van der Waals surface area contributed by atoms with Crippen molar-refractivity contribution in [1.82, 2.24) is 4.57 Å². The molecule has 0 radical (unpaired) electrons. The summed E-state index contributed by atoms with van der Waals surface area (Å²) in [5.41, 5.74) is 5.45. The van der Waals surface area contributed by atoms with E-state index in [0.717, 1.165) is 29.0 Å². The van der Waals surface area contributed by atoms with Gasteiger partial charge in [-0.25, -0.2) is 9.38 Å². The van der Waals surface area contributed by atoms with E-state index in [1.807, 2.05) is 22.8 Å². The van der Waals surface area contributed by atoms with Crippen molar-refractivity contribution < 1.29 is 4.39 Å². The molecule has 3 nitrogen and oxygen atoms in total. The smallest absolute Gasteiger partial charge is 0.271 e. The maximum atomic E-state index is 13.5. The van der Waals surface area contributed by atoms with Crippen molar-refractivity contribution in [2.24, 2.45) is 4.99 Å². The van der Waals surface area contributed by atoms with Crippen molar-refractivity contribution in [2.75, 3.05) is 0 Å². The van der Waals surface area contributed by atoms with Crippen molar-refractivity contribution in [3.05, 3.63) is 119 Å². The Morgan fingerprint density at radius 1 is 1.03 bits per heavy atom. The fourth-order valence-electron chi connectivity index (χ4n) is 4.43. The molecule has 0 spiro atoms. The minimum atomic E-state index is -0.289. The van der Waals surface area contributed by atoms with E-state index in [2.05, 4.69) is 29.6 Å². The van der Waals surface area contributed by atoms with Crippen LogP contribution in [0.2, 0.25) is 0 Å². The van der Waals surface area contributed by atoms with Crippen LogP contribution in [0.3, 0.4) is 0 Å². The van der Waals surface area contributed by atoms with Crippen LogP contribution in [-0.2, 0) is 6.42 Å². The average molecular weight is 445 g/mol. The Labute approximate surface area is 185 Å². The fraction of sp³-hybridized carbons (Fsp3) is 0.120. The summed E-state index contributed by atoms with van der Waals surface area (Å²) in [6.07, 6.45) is 3.66. The Bertz CT molecular complexity index is 1510. The van der Waals surface area contributed by atoms with Gasteiger partial charge >= 0.3 is 0 Å². The molecular formula is C25H17FN2OS2. The third-order valence-electron chi connectivity index (χ3n) is 5.85. The Balaban J connectivity index is 1.62. The minimum Gasteiger partial charge on any atom is -0.271 e. The molecule has 1 atom stereocenters. The zero-order valence-electron chi connectivity index (χ0n) is 16.4. The molecule has 6 heteroatoms. The first-order chi connectivity index (χ1) is 15.2.